The topological polar surface area (TPSA) is 130 Å². The molecule has 7 rings (SSSR count). The number of ether oxygens (including phenoxy) is 2. The van der Waals surface area contributed by atoms with Gasteiger partial charge in [-0.3, -0.25) is 33.9 Å². The average molecular weight is 1220 g/mol. The van der Waals surface area contributed by atoms with E-state index in [1.807, 2.05) is 129 Å². The van der Waals surface area contributed by atoms with Gasteiger partial charge in [0.25, 0.3) is 0 Å². The smallest absolute Gasteiger partial charge is 1.00 e. The predicted octanol–water partition coefficient (Wildman–Crippen LogP) is 10.6. The molecule has 0 saturated heterocycles. The van der Waals surface area contributed by atoms with Crippen molar-refractivity contribution in [2.45, 2.75) is 87.0 Å². The second-order valence-corrected chi connectivity index (χ2v) is 16.9. The Kier molecular flexibility index (Phi) is 37.2. The first-order valence-electron chi connectivity index (χ1n) is 22.9. The second-order valence-electron chi connectivity index (χ2n) is 16.9. The molecule has 0 aliphatic heterocycles. The third-order valence-corrected chi connectivity index (χ3v) is 12.0. The van der Waals surface area contributed by atoms with Crippen molar-refractivity contribution in [2.24, 2.45) is 0 Å². The van der Waals surface area contributed by atoms with E-state index in [2.05, 4.69) is 90.9 Å². The summed E-state index contributed by atoms with van der Waals surface area (Å²) in [7, 11) is 3.28. The number of aliphatic carboxylic acids is 3. The summed E-state index contributed by atoms with van der Waals surface area (Å²) in [4.78, 5) is 32.8. The van der Waals surface area contributed by atoms with Gasteiger partial charge >= 0.3 is 41.0 Å². The van der Waals surface area contributed by atoms with Crippen molar-refractivity contribution in [2.75, 3.05) is 14.2 Å². The van der Waals surface area contributed by atoms with Gasteiger partial charge in [-0.2, -0.15) is 30.3 Å². The number of carboxylic acids is 3. The summed E-state index contributed by atoms with van der Waals surface area (Å²) >= 11 is 0. The second kappa shape index (κ2) is 38.3. The normalized spacial score (nSPS) is 10.5. The van der Waals surface area contributed by atoms with Crippen molar-refractivity contribution in [3.05, 3.63) is 242 Å². The van der Waals surface area contributed by atoms with Gasteiger partial charge in [-0.1, -0.05) is 66.7 Å². The minimum Gasteiger partial charge on any atom is -1.00 e. The first kappa shape index (κ1) is 71.8. The maximum absolute atomic E-state index is 11.3. The first-order chi connectivity index (χ1) is 33.3. The number of methoxy groups -OCH3 is 2. The Morgan fingerprint density at radius 3 is 1.11 bits per heavy atom. The van der Waals surface area contributed by atoms with Crippen LogP contribution in [0.15, 0.2) is 146 Å². The molecule has 2 radical (unpaired) electrons. The van der Waals surface area contributed by atoms with E-state index in [9.17, 15) is 24.6 Å². The molecule has 0 spiro atoms. The van der Waals surface area contributed by atoms with E-state index in [4.69, 9.17) is 14.6 Å². The van der Waals surface area contributed by atoms with Gasteiger partial charge in [-0.15, -0.1) is 5.56 Å². The van der Waals surface area contributed by atoms with Gasteiger partial charge in [0.1, 0.15) is 11.5 Å². The Bertz CT molecular complexity index is 2670. The molecule has 0 saturated carbocycles. The van der Waals surface area contributed by atoms with Crippen LogP contribution in [0.1, 0.15) is 103 Å². The minimum absolute atomic E-state index is 0. The summed E-state index contributed by atoms with van der Waals surface area (Å²) in [6.07, 6.45) is 2.95. The fourth-order valence-corrected chi connectivity index (χ4v) is 7.41. The van der Waals surface area contributed by atoms with Gasteiger partial charge < -0.3 is 53.9 Å². The van der Waals surface area contributed by atoms with Crippen LogP contribution in [0.4, 0.5) is 0 Å². The molecular weight excluding hydrogens is 1150 g/mol. The Morgan fingerprint density at radius 1 is 0.473 bits per heavy atom. The maximum atomic E-state index is 11.3. The van der Waals surface area contributed by atoms with Gasteiger partial charge in [-0.25, -0.2) is 4.79 Å². The van der Waals surface area contributed by atoms with Crippen LogP contribution in [0.2, 0.25) is 0 Å². The quantitative estimate of drug-likeness (QED) is 0.0627. The van der Waals surface area contributed by atoms with E-state index in [0.29, 0.717) is 0 Å². The number of rotatable bonds is 12. The van der Waals surface area contributed by atoms with Crippen molar-refractivity contribution in [1.29, 1.82) is 0 Å². The number of hydrogen-bond donors (Lipinski definition) is 3. The van der Waals surface area contributed by atoms with Gasteiger partial charge in [0.2, 0.25) is 0 Å². The van der Waals surface area contributed by atoms with Crippen molar-refractivity contribution in [1.82, 2.24) is 0 Å². The third-order valence-electron chi connectivity index (χ3n) is 12.0. The average Bonchev–Trinajstić information content (AvgIpc) is 3.35. The van der Waals surface area contributed by atoms with Gasteiger partial charge in [0.15, 0.2) is 0 Å². The number of para-hydroxylation sites is 1. The summed E-state index contributed by atoms with van der Waals surface area (Å²) in [5.41, 5.74) is 16.0. The molecule has 0 aliphatic rings. The molecule has 0 heterocycles. The molecule has 12 heteroatoms. The molecule has 0 amide bonds. The van der Waals surface area contributed by atoms with Gasteiger partial charge in [0, 0.05) is 77.4 Å². The van der Waals surface area contributed by atoms with Gasteiger partial charge in [-0.05, 0) is 171 Å². The summed E-state index contributed by atoms with van der Waals surface area (Å²) in [6.45, 7) is 18.6. The molecule has 0 fully saturated rings. The van der Waals surface area contributed by atoms with E-state index < -0.39 is 17.9 Å². The zero-order valence-electron chi connectivity index (χ0n) is 44.6. The third kappa shape index (κ3) is 25.5. The van der Waals surface area contributed by atoms with Crippen molar-refractivity contribution >= 4 is 47.0 Å². The largest absolute Gasteiger partial charge is 2.00 e. The van der Waals surface area contributed by atoms with Crippen molar-refractivity contribution < 1.29 is 122 Å². The van der Waals surface area contributed by atoms with Crippen LogP contribution < -0.4 is 26.5 Å². The number of aryl methyl sites for hydroxylation is 6. The Balaban J connectivity index is 0. The zero-order chi connectivity index (χ0) is 51.8. The number of hydrogen-bond acceptors (Lipinski definition) is 5. The molecule has 3 N–H and O–H groups in total. The summed E-state index contributed by atoms with van der Waals surface area (Å²) < 4.78 is 10.1. The van der Waals surface area contributed by atoms with E-state index in [1.54, 1.807) is 20.3 Å². The predicted molar refractivity (Wildman–Crippen MR) is 288 cm³/mol. The van der Waals surface area contributed by atoms with Crippen LogP contribution in [-0.4, -0.2) is 70.5 Å². The van der Waals surface area contributed by atoms with Crippen LogP contribution in [0.3, 0.4) is 0 Å². The van der Waals surface area contributed by atoms with E-state index >= 15 is 0 Å². The molecule has 0 bridgehead atoms. The zero-order valence-corrected chi connectivity index (χ0v) is 53.3. The maximum Gasteiger partial charge on any atom is 2.00 e. The number of halogens is 1. The molecule has 380 valence electrons. The molecule has 2 unspecified atom stereocenters. The van der Waals surface area contributed by atoms with Crippen molar-refractivity contribution in [3.63, 3.8) is 0 Å². The van der Waals surface area contributed by atoms with E-state index in [0.717, 1.165) is 45.4 Å². The molecule has 7 aromatic carbocycles. The monoisotopic (exact) mass is 1220 g/mol. The minimum atomic E-state index is -0.916. The van der Waals surface area contributed by atoms with E-state index in [1.165, 1.54) is 50.1 Å². The molecule has 74 heavy (non-hydrogen) atoms. The van der Waals surface area contributed by atoms with Crippen LogP contribution in [0, 0.1) is 80.5 Å². The molecule has 2 atom stereocenters. The Labute approximate surface area is 517 Å². The molecule has 8 nitrogen and oxygen atoms in total. The van der Waals surface area contributed by atoms with Crippen molar-refractivity contribution in [3.8, 4) is 11.5 Å². The summed E-state index contributed by atoms with van der Waals surface area (Å²) in [5.74, 6) is -1.07. The van der Waals surface area contributed by atoms with E-state index in [-0.39, 0.29) is 130 Å². The standard InChI is InChI=1S/C19H22O3.C18H19O2.C12H14O2.C7H8O.C6H4.BrH.Mg.2Y/c1-12-9-16(10-13(2)14(12)3)18(11-19(20)21)15-5-7-17(22-4)8-6-15;1-12-9-16(10-13(2)14(12)3)17(11-18(19)20)15-7-5-4-6-8-15;1-8-6-11(4-5-12(13)14)7-9(2)10(8)3;1-8-7-5-3-2-4-6-7;1-2-4-6-5-3-1;;;;/h5-10,18H,11H2,1-4H3,(H,20,21);5-10,17H,11H2,1-3H3,(H,19,20);4-7H,1-3H3,(H,13,14);2-6H,1H3;1-2,5-6H;1H;;;/q;-1;;;-2;;+2;;/p-1/b;;5-4+;;;;;;. The fourth-order valence-electron chi connectivity index (χ4n) is 7.41. The Hall–Kier alpha value is -4.26. The van der Waals surface area contributed by atoms with Crippen LogP contribution in [-0.2, 0) is 79.8 Å². The first-order valence-corrected chi connectivity index (χ1v) is 22.9. The number of benzene rings is 7. The van der Waals surface area contributed by atoms with Crippen LogP contribution in [0.25, 0.3) is 6.08 Å². The molecule has 0 aromatic heterocycles. The van der Waals surface area contributed by atoms with Crippen LogP contribution >= 0.6 is 0 Å². The molecular formula is C62H67BrMgO8Y2-2. The molecule has 0 aliphatic carbocycles. The Morgan fingerprint density at radius 2 is 0.797 bits per heavy atom. The van der Waals surface area contributed by atoms with Gasteiger partial charge in [0.05, 0.1) is 27.1 Å². The summed E-state index contributed by atoms with van der Waals surface area (Å²) in [5, 5.41) is 26.9. The number of carboxylic acid groups (broad SMARTS) is 3. The summed E-state index contributed by atoms with van der Waals surface area (Å²) in [6, 6.07) is 53.2. The molecule has 7 aromatic rings. The number of carbonyl (C=O) groups is 3. The fraction of sp³-hybridized carbons (Fsp3) is 0.242. The SMILES string of the molecule is COc1ccc(C(CC(=O)O)c2cc(C)c(C)c(C)c2)cc1.COc1ccccc1.Cc1cc(/C=C/C(=O)O)cc(C)c1C.Cc1cc(C(CC(=O)O)c2cc[c-]cc2)cc(C)c1C.[Br-].[Mg+2].[Y].[Y].[c-]1cc[c-]cc1. The van der Waals surface area contributed by atoms with Crippen LogP contribution in [0.5, 0.6) is 11.5 Å².